The van der Waals surface area contributed by atoms with Gasteiger partial charge in [-0.2, -0.15) is 0 Å². The third-order valence-electron chi connectivity index (χ3n) is 2.66. The molecular weight excluding hydrogens is 252 g/mol. The molecule has 1 aromatic carbocycles. The molecule has 112 valence electrons. The predicted molar refractivity (Wildman–Crippen MR) is 81.7 cm³/mol. The summed E-state index contributed by atoms with van der Waals surface area (Å²) in [4.78, 5) is 11.8. The van der Waals surface area contributed by atoms with Crippen LogP contribution in [0.25, 0.3) is 0 Å². The molecule has 1 amide bonds. The van der Waals surface area contributed by atoms with Gasteiger partial charge in [0.25, 0.3) is 0 Å². The Morgan fingerprint density at radius 1 is 1.25 bits per heavy atom. The monoisotopic (exact) mass is 278 g/mol. The number of carbonyl (C=O) groups excluding carboxylic acids is 1. The molecule has 1 rings (SSSR count). The first kappa shape index (κ1) is 16.5. The molecule has 0 bridgehead atoms. The highest BCUT2D eigenvalue weighted by atomic mass is 16.5. The van der Waals surface area contributed by atoms with Gasteiger partial charge in [-0.25, -0.2) is 0 Å². The van der Waals surface area contributed by atoms with Crippen molar-refractivity contribution in [2.24, 2.45) is 5.73 Å². The lowest BCUT2D eigenvalue weighted by Gasteiger charge is -2.24. The molecular formula is C16H26N2O2. The summed E-state index contributed by atoms with van der Waals surface area (Å²) in [6.07, 6.45) is 0. The molecule has 0 aliphatic heterocycles. The van der Waals surface area contributed by atoms with Gasteiger partial charge in [-0.05, 0) is 53.2 Å². The number of ether oxygens (including phenoxy) is 1. The highest BCUT2D eigenvalue weighted by molar-refractivity contribution is 5.85. The van der Waals surface area contributed by atoms with Crippen LogP contribution in [0.15, 0.2) is 18.2 Å². The number of hydrogen-bond donors (Lipinski definition) is 2. The number of carbonyl (C=O) groups is 1. The minimum atomic E-state index is -0.879. The van der Waals surface area contributed by atoms with Crippen molar-refractivity contribution in [3.63, 3.8) is 0 Å². The van der Waals surface area contributed by atoms with Crippen LogP contribution in [-0.2, 0) is 11.3 Å². The van der Waals surface area contributed by atoms with Gasteiger partial charge >= 0.3 is 0 Å². The second-order valence-corrected chi connectivity index (χ2v) is 6.73. The van der Waals surface area contributed by atoms with E-state index < -0.39 is 5.54 Å². The van der Waals surface area contributed by atoms with Crippen molar-refractivity contribution in [3.05, 3.63) is 29.3 Å². The van der Waals surface area contributed by atoms with Crippen LogP contribution in [-0.4, -0.2) is 17.0 Å². The summed E-state index contributed by atoms with van der Waals surface area (Å²) >= 11 is 0. The van der Waals surface area contributed by atoms with E-state index >= 15 is 0 Å². The molecule has 0 heterocycles. The maximum absolute atomic E-state index is 11.8. The molecule has 3 N–H and O–H groups in total. The van der Waals surface area contributed by atoms with E-state index in [2.05, 4.69) is 5.32 Å². The Balaban J connectivity index is 2.87. The Kier molecular flexibility index (Phi) is 4.81. The smallest absolute Gasteiger partial charge is 0.239 e. The summed E-state index contributed by atoms with van der Waals surface area (Å²) in [6.45, 7) is 11.8. The van der Waals surface area contributed by atoms with E-state index in [1.807, 2.05) is 45.9 Å². The fraction of sp³-hybridized carbons (Fsp3) is 0.562. The zero-order valence-corrected chi connectivity index (χ0v) is 13.3. The lowest BCUT2D eigenvalue weighted by Crippen LogP contribution is -2.48. The second-order valence-electron chi connectivity index (χ2n) is 6.73. The van der Waals surface area contributed by atoms with Crippen molar-refractivity contribution in [2.75, 3.05) is 0 Å². The van der Waals surface area contributed by atoms with Gasteiger partial charge in [0.2, 0.25) is 5.91 Å². The summed E-state index contributed by atoms with van der Waals surface area (Å²) in [5.41, 5.74) is 6.68. The predicted octanol–water partition coefficient (Wildman–Crippen LogP) is 2.53. The SMILES string of the molecule is Cc1ccc(CNC(=O)C(C)(C)N)c(OC(C)(C)C)c1. The first-order valence-corrected chi connectivity index (χ1v) is 6.85. The zero-order valence-electron chi connectivity index (χ0n) is 13.3. The third-order valence-corrected chi connectivity index (χ3v) is 2.66. The summed E-state index contributed by atoms with van der Waals surface area (Å²) in [6, 6.07) is 5.96. The Bertz CT molecular complexity index is 482. The highest BCUT2D eigenvalue weighted by Gasteiger charge is 2.22. The highest BCUT2D eigenvalue weighted by Crippen LogP contribution is 2.24. The fourth-order valence-corrected chi connectivity index (χ4v) is 1.64. The van der Waals surface area contributed by atoms with Gasteiger partial charge in [0.15, 0.2) is 0 Å². The Morgan fingerprint density at radius 2 is 1.85 bits per heavy atom. The standard InChI is InChI=1S/C16H26N2O2/c1-11-7-8-12(10-18-14(19)16(5,6)17)13(9-11)20-15(2,3)4/h7-9H,10,17H2,1-6H3,(H,18,19). The van der Waals surface area contributed by atoms with Crippen LogP contribution in [0.1, 0.15) is 45.7 Å². The van der Waals surface area contributed by atoms with Crippen molar-refractivity contribution in [2.45, 2.75) is 59.2 Å². The fourth-order valence-electron chi connectivity index (χ4n) is 1.64. The molecule has 0 saturated heterocycles. The van der Waals surface area contributed by atoms with E-state index in [0.29, 0.717) is 6.54 Å². The number of rotatable bonds is 4. The lowest BCUT2D eigenvalue weighted by atomic mass is 10.1. The van der Waals surface area contributed by atoms with Gasteiger partial charge in [0, 0.05) is 12.1 Å². The molecule has 4 heteroatoms. The summed E-state index contributed by atoms with van der Waals surface area (Å²) in [7, 11) is 0. The quantitative estimate of drug-likeness (QED) is 0.889. The van der Waals surface area contributed by atoms with E-state index in [1.165, 1.54) is 0 Å². The molecule has 0 aliphatic carbocycles. The minimum Gasteiger partial charge on any atom is -0.488 e. The van der Waals surface area contributed by atoms with Gasteiger partial charge in [0.1, 0.15) is 11.4 Å². The van der Waals surface area contributed by atoms with Crippen LogP contribution in [0.2, 0.25) is 0 Å². The van der Waals surface area contributed by atoms with Crippen LogP contribution in [0, 0.1) is 6.92 Å². The Labute approximate surface area is 121 Å². The molecule has 20 heavy (non-hydrogen) atoms. The third kappa shape index (κ3) is 5.21. The van der Waals surface area contributed by atoms with Crippen molar-refractivity contribution < 1.29 is 9.53 Å². The first-order valence-electron chi connectivity index (χ1n) is 6.85. The van der Waals surface area contributed by atoms with Gasteiger partial charge in [0.05, 0.1) is 5.54 Å². The molecule has 0 aromatic heterocycles. The average Bonchev–Trinajstić information content (AvgIpc) is 2.24. The number of aryl methyl sites for hydroxylation is 1. The zero-order chi connectivity index (χ0) is 15.6. The maximum Gasteiger partial charge on any atom is 0.239 e. The van der Waals surface area contributed by atoms with E-state index in [1.54, 1.807) is 13.8 Å². The van der Waals surface area contributed by atoms with E-state index in [0.717, 1.165) is 16.9 Å². The maximum atomic E-state index is 11.8. The van der Waals surface area contributed by atoms with Gasteiger partial charge in [-0.3, -0.25) is 4.79 Å². The van der Waals surface area contributed by atoms with Crippen LogP contribution >= 0.6 is 0 Å². The van der Waals surface area contributed by atoms with Crippen molar-refractivity contribution >= 4 is 5.91 Å². The Morgan fingerprint density at radius 3 is 2.35 bits per heavy atom. The summed E-state index contributed by atoms with van der Waals surface area (Å²) in [5, 5.41) is 2.84. The molecule has 0 saturated carbocycles. The lowest BCUT2D eigenvalue weighted by molar-refractivity contribution is -0.125. The van der Waals surface area contributed by atoms with Crippen molar-refractivity contribution in [1.82, 2.24) is 5.32 Å². The molecule has 0 spiro atoms. The van der Waals surface area contributed by atoms with Gasteiger partial charge < -0.3 is 15.8 Å². The summed E-state index contributed by atoms with van der Waals surface area (Å²) < 4.78 is 5.95. The number of benzene rings is 1. The van der Waals surface area contributed by atoms with E-state index in [9.17, 15) is 4.79 Å². The molecule has 0 fully saturated rings. The number of hydrogen-bond acceptors (Lipinski definition) is 3. The van der Waals surface area contributed by atoms with Crippen LogP contribution < -0.4 is 15.8 Å². The van der Waals surface area contributed by atoms with Gasteiger partial charge in [-0.1, -0.05) is 12.1 Å². The van der Waals surface area contributed by atoms with Crippen LogP contribution in [0.5, 0.6) is 5.75 Å². The second kappa shape index (κ2) is 5.83. The van der Waals surface area contributed by atoms with Crippen LogP contribution in [0.3, 0.4) is 0 Å². The topological polar surface area (TPSA) is 64.4 Å². The van der Waals surface area contributed by atoms with Crippen molar-refractivity contribution in [1.29, 1.82) is 0 Å². The largest absolute Gasteiger partial charge is 0.488 e. The van der Waals surface area contributed by atoms with Crippen LogP contribution in [0.4, 0.5) is 0 Å². The van der Waals surface area contributed by atoms with Gasteiger partial charge in [-0.15, -0.1) is 0 Å². The minimum absolute atomic E-state index is 0.181. The normalized spacial score (nSPS) is 12.2. The number of amides is 1. The number of nitrogens with one attached hydrogen (secondary N) is 1. The first-order chi connectivity index (χ1) is 8.99. The summed E-state index contributed by atoms with van der Waals surface area (Å²) in [5.74, 6) is 0.618. The molecule has 0 atom stereocenters. The molecule has 0 radical (unpaired) electrons. The Hall–Kier alpha value is -1.55. The van der Waals surface area contributed by atoms with Crippen molar-refractivity contribution in [3.8, 4) is 5.75 Å². The molecule has 1 aromatic rings. The average molecular weight is 278 g/mol. The van der Waals surface area contributed by atoms with E-state index in [4.69, 9.17) is 10.5 Å². The number of nitrogens with two attached hydrogens (primary N) is 1. The molecule has 4 nitrogen and oxygen atoms in total. The molecule has 0 aliphatic rings. The molecule has 0 unspecified atom stereocenters. The van der Waals surface area contributed by atoms with E-state index in [-0.39, 0.29) is 11.5 Å².